The maximum absolute atomic E-state index is 5.91. The van der Waals surface area contributed by atoms with Crippen molar-refractivity contribution in [3.8, 4) is 0 Å². The van der Waals surface area contributed by atoms with E-state index in [1.54, 1.807) is 0 Å². The first-order valence-corrected chi connectivity index (χ1v) is 7.86. The highest BCUT2D eigenvalue weighted by molar-refractivity contribution is 6.30. The molecule has 0 amide bonds. The molecule has 0 bridgehead atoms. The third-order valence-corrected chi connectivity index (χ3v) is 4.07. The number of rotatable bonds is 6. The molecule has 106 valence electrons. The van der Waals surface area contributed by atoms with E-state index in [1.165, 1.54) is 37.9 Å². The molecular weight excluding hydrogens is 256 g/mol. The van der Waals surface area contributed by atoms with Gasteiger partial charge in [0, 0.05) is 24.2 Å². The molecule has 0 saturated carbocycles. The maximum atomic E-state index is 5.91. The van der Waals surface area contributed by atoms with Crippen molar-refractivity contribution in [2.75, 3.05) is 26.2 Å². The molecule has 1 aromatic carbocycles. The Balaban J connectivity index is 1.74. The second kappa shape index (κ2) is 7.88. The molecule has 1 aliphatic rings. The number of hydrogen-bond acceptors (Lipinski definition) is 2. The summed E-state index contributed by atoms with van der Waals surface area (Å²) in [5, 5.41) is 4.47. The van der Waals surface area contributed by atoms with Gasteiger partial charge >= 0.3 is 0 Å². The summed E-state index contributed by atoms with van der Waals surface area (Å²) in [7, 11) is 0. The van der Waals surface area contributed by atoms with Crippen LogP contribution in [-0.2, 0) is 6.42 Å². The van der Waals surface area contributed by atoms with E-state index in [9.17, 15) is 0 Å². The summed E-state index contributed by atoms with van der Waals surface area (Å²) >= 11 is 5.91. The Hall–Kier alpha value is -0.570. The highest BCUT2D eigenvalue weighted by atomic mass is 35.5. The van der Waals surface area contributed by atoms with Crippen LogP contribution in [0, 0.1) is 0 Å². The van der Waals surface area contributed by atoms with E-state index >= 15 is 0 Å². The van der Waals surface area contributed by atoms with Crippen LogP contribution in [0.2, 0.25) is 5.02 Å². The fourth-order valence-electron chi connectivity index (χ4n) is 2.71. The molecular formula is C16H25ClN2. The SMILES string of the molecule is CCCNC1CCCN(CCc2ccc(Cl)cc2)C1. The van der Waals surface area contributed by atoms with Gasteiger partial charge < -0.3 is 10.2 Å². The molecule has 0 aliphatic carbocycles. The Kier molecular flexibility index (Phi) is 6.15. The smallest absolute Gasteiger partial charge is 0.0406 e. The van der Waals surface area contributed by atoms with Crippen LogP contribution in [0.15, 0.2) is 24.3 Å². The van der Waals surface area contributed by atoms with Crippen LogP contribution < -0.4 is 5.32 Å². The van der Waals surface area contributed by atoms with Crippen molar-refractivity contribution >= 4 is 11.6 Å². The van der Waals surface area contributed by atoms with Gasteiger partial charge in [0.25, 0.3) is 0 Å². The highest BCUT2D eigenvalue weighted by Crippen LogP contribution is 2.13. The van der Waals surface area contributed by atoms with Crippen LogP contribution in [0.25, 0.3) is 0 Å². The molecule has 0 aromatic heterocycles. The van der Waals surface area contributed by atoms with Gasteiger partial charge in [-0.3, -0.25) is 0 Å². The van der Waals surface area contributed by atoms with Gasteiger partial charge in [-0.25, -0.2) is 0 Å². The zero-order valence-corrected chi connectivity index (χ0v) is 12.6. The largest absolute Gasteiger partial charge is 0.313 e. The molecule has 1 heterocycles. The van der Waals surface area contributed by atoms with Crippen molar-refractivity contribution < 1.29 is 0 Å². The van der Waals surface area contributed by atoms with Crippen molar-refractivity contribution in [2.24, 2.45) is 0 Å². The molecule has 3 heteroatoms. The van der Waals surface area contributed by atoms with E-state index in [1.807, 2.05) is 12.1 Å². The lowest BCUT2D eigenvalue weighted by atomic mass is 10.0. The maximum Gasteiger partial charge on any atom is 0.0406 e. The molecule has 2 rings (SSSR count). The Morgan fingerprint density at radius 1 is 1.32 bits per heavy atom. The molecule has 0 spiro atoms. The van der Waals surface area contributed by atoms with Gasteiger partial charge in [-0.1, -0.05) is 30.7 Å². The van der Waals surface area contributed by atoms with E-state index in [0.717, 1.165) is 24.5 Å². The second-order valence-electron chi connectivity index (χ2n) is 5.47. The first-order chi connectivity index (χ1) is 9.28. The summed E-state index contributed by atoms with van der Waals surface area (Å²) in [6, 6.07) is 8.94. The fraction of sp³-hybridized carbons (Fsp3) is 0.625. The van der Waals surface area contributed by atoms with E-state index in [4.69, 9.17) is 11.6 Å². The van der Waals surface area contributed by atoms with Gasteiger partial charge in [-0.05, 0) is 56.5 Å². The van der Waals surface area contributed by atoms with Gasteiger partial charge in [0.2, 0.25) is 0 Å². The van der Waals surface area contributed by atoms with Crippen molar-refractivity contribution in [1.29, 1.82) is 0 Å². The summed E-state index contributed by atoms with van der Waals surface area (Å²) in [6.45, 7) is 6.99. The third-order valence-electron chi connectivity index (χ3n) is 3.82. The standard InChI is InChI=1S/C16H25ClN2/c1-2-10-18-16-4-3-11-19(13-16)12-9-14-5-7-15(17)8-6-14/h5-8,16,18H,2-4,9-13H2,1H3. The summed E-state index contributed by atoms with van der Waals surface area (Å²) in [6.07, 6.45) is 5.00. The summed E-state index contributed by atoms with van der Waals surface area (Å²) < 4.78 is 0. The normalized spacial score (nSPS) is 20.6. The zero-order chi connectivity index (χ0) is 13.5. The van der Waals surface area contributed by atoms with Gasteiger partial charge in [0.1, 0.15) is 0 Å². The van der Waals surface area contributed by atoms with Crippen LogP contribution >= 0.6 is 11.6 Å². The minimum Gasteiger partial charge on any atom is -0.313 e. The summed E-state index contributed by atoms with van der Waals surface area (Å²) in [4.78, 5) is 2.59. The van der Waals surface area contributed by atoms with Gasteiger partial charge in [0.05, 0.1) is 0 Å². The molecule has 19 heavy (non-hydrogen) atoms. The molecule has 1 aromatic rings. The molecule has 1 N–H and O–H groups in total. The summed E-state index contributed by atoms with van der Waals surface area (Å²) in [5.74, 6) is 0. The number of benzene rings is 1. The predicted molar refractivity (Wildman–Crippen MR) is 82.9 cm³/mol. The van der Waals surface area contributed by atoms with Crippen molar-refractivity contribution in [3.63, 3.8) is 0 Å². The number of nitrogens with zero attached hydrogens (tertiary/aromatic N) is 1. The lowest BCUT2D eigenvalue weighted by Gasteiger charge is -2.33. The fourth-order valence-corrected chi connectivity index (χ4v) is 2.84. The summed E-state index contributed by atoms with van der Waals surface area (Å²) in [5.41, 5.74) is 1.38. The van der Waals surface area contributed by atoms with Crippen LogP contribution in [0.3, 0.4) is 0 Å². The second-order valence-corrected chi connectivity index (χ2v) is 5.91. The minimum atomic E-state index is 0.693. The molecule has 1 unspecified atom stereocenters. The zero-order valence-electron chi connectivity index (χ0n) is 11.9. The van der Waals surface area contributed by atoms with E-state index in [0.29, 0.717) is 6.04 Å². The third kappa shape index (κ3) is 5.13. The Morgan fingerprint density at radius 3 is 2.84 bits per heavy atom. The average Bonchev–Trinajstić information content (AvgIpc) is 2.45. The quantitative estimate of drug-likeness (QED) is 0.860. The predicted octanol–water partition coefficient (Wildman–Crippen LogP) is 3.35. The van der Waals surface area contributed by atoms with Gasteiger partial charge in [-0.2, -0.15) is 0 Å². The van der Waals surface area contributed by atoms with Gasteiger partial charge in [0.15, 0.2) is 0 Å². The average molecular weight is 281 g/mol. The van der Waals surface area contributed by atoms with Crippen LogP contribution in [0.5, 0.6) is 0 Å². The van der Waals surface area contributed by atoms with Crippen molar-refractivity contribution in [3.05, 3.63) is 34.9 Å². The number of nitrogens with one attached hydrogen (secondary N) is 1. The molecule has 0 radical (unpaired) electrons. The lowest BCUT2D eigenvalue weighted by Crippen LogP contribution is -2.46. The monoisotopic (exact) mass is 280 g/mol. The van der Waals surface area contributed by atoms with E-state index < -0.39 is 0 Å². The number of hydrogen-bond donors (Lipinski definition) is 1. The first-order valence-electron chi connectivity index (χ1n) is 7.48. The Bertz CT molecular complexity index is 364. The lowest BCUT2D eigenvalue weighted by molar-refractivity contribution is 0.193. The van der Waals surface area contributed by atoms with Crippen molar-refractivity contribution in [1.82, 2.24) is 10.2 Å². The van der Waals surface area contributed by atoms with E-state index in [2.05, 4.69) is 29.3 Å². The Morgan fingerprint density at radius 2 is 2.11 bits per heavy atom. The topological polar surface area (TPSA) is 15.3 Å². The highest BCUT2D eigenvalue weighted by Gasteiger charge is 2.18. The molecule has 1 atom stereocenters. The molecule has 1 fully saturated rings. The van der Waals surface area contributed by atoms with Crippen LogP contribution in [-0.4, -0.2) is 37.1 Å². The minimum absolute atomic E-state index is 0.693. The number of likely N-dealkylation sites (tertiary alicyclic amines) is 1. The Labute approximate surface area is 122 Å². The molecule has 1 saturated heterocycles. The van der Waals surface area contributed by atoms with Crippen molar-refractivity contribution in [2.45, 2.75) is 38.6 Å². The first kappa shape index (κ1) is 14.8. The van der Waals surface area contributed by atoms with Crippen LogP contribution in [0.4, 0.5) is 0 Å². The van der Waals surface area contributed by atoms with Gasteiger partial charge in [-0.15, -0.1) is 0 Å². The number of halogens is 1. The molecule has 1 aliphatic heterocycles. The van der Waals surface area contributed by atoms with E-state index in [-0.39, 0.29) is 0 Å². The van der Waals surface area contributed by atoms with Crippen LogP contribution in [0.1, 0.15) is 31.7 Å². The molecule has 2 nitrogen and oxygen atoms in total. The number of piperidine rings is 1.